The Hall–Kier alpha value is -1.42. The van der Waals surface area contributed by atoms with Gasteiger partial charge in [-0.2, -0.15) is 0 Å². The van der Waals surface area contributed by atoms with Gasteiger partial charge in [0.2, 0.25) is 5.91 Å². The smallest absolute Gasteiger partial charge is 0.220 e. The Morgan fingerprint density at radius 2 is 2.09 bits per heavy atom. The summed E-state index contributed by atoms with van der Waals surface area (Å²) in [5.41, 5.74) is 1.19. The molecule has 2 aliphatic rings. The molecule has 0 spiro atoms. The molecular weight excluding hydrogens is 279 g/mol. The van der Waals surface area contributed by atoms with Crippen LogP contribution in [-0.2, 0) is 4.79 Å². The van der Waals surface area contributed by atoms with Gasteiger partial charge in [0.1, 0.15) is 5.82 Å². The molecule has 0 aliphatic carbocycles. The Balaban J connectivity index is 1.65. The molecule has 3 atom stereocenters. The molecule has 1 aromatic carbocycles. The molecule has 3 unspecified atom stereocenters. The summed E-state index contributed by atoms with van der Waals surface area (Å²) in [5, 5.41) is 2.97. The van der Waals surface area contributed by atoms with E-state index in [1.165, 1.54) is 24.8 Å². The summed E-state index contributed by atoms with van der Waals surface area (Å²) < 4.78 is 13.1. The number of nitrogens with one attached hydrogen (secondary N) is 1. The monoisotopic (exact) mass is 304 g/mol. The second-order valence-corrected chi connectivity index (χ2v) is 6.78. The number of benzene rings is 1. The van der Waals surface area contributed by atoms with Gasteiger partial charge in [-0.1, -0.05) is 25.5 Å². The minimum absolute atomic E-state index is 0.178. The molecule has 2 aliphatic heterocycles. The maximum Gasteiger partial charge on any atom is 0.220 e. The number of hydrogen-bond donors (Lipinski definition) is 1. The Bertz CT molecular complexity index is 516. The van der Waals surface area contributed by atoms with Gasteiger partial charge < -0.3 is 5.32 Å². The van der Waals surface area contributed by atoms with Crippen molar-refractivity contribution in [1.29, 1.82) is 0 Å². The fourth-order valence-electron chi connectivity index (χ4n) is 3.93. The number of carbonyl (C=O) groups is 1. The molecule has 0 radical (unpaired) electrons. The van der Waals surface area contributed by atoms with Gasteiger partial charge in [0, 0.05) is 31.5 Å². The van der Waals surface area contributed by atoms with E-state index < -0.39 is 0 Å². The molecule has 120 valence electrons. The third-order valence-corrected chi connectivity index (χ3v) is 5.16. The van der Waals surface area contributed by atoms with Crippen molar-refractivity contribution in [2.45, 2.75) is 44.6 Å². The average molecular weight is 304 g/mol. The molecule has 1 aromatic rings. The summed E-state index contributed by atoms with van der Waals surface area (Å²) >= 11 is 0. The largest absolute Gasteiger partial charge is 0.356 e. The maximum atomic E-state index is 13.1. The predicted octanol–water partition coefficient (Wildman–Crippen LogP) is 2.92. The molecule has 2 fully saturated rings. The zero-order chi connectivity index (χ0) is 15.5. The van der Waals surface area contributed by atoms with Crippen LogP contribution in [0, 0.1) is 11.7 Å². The van der Waals surface area contributed by atoms with Crippen LogP contribution in [0.5, 0.6) is 0 Å². The van der Waals surface area contributed by atoms with Crippen LogP contribution >= 0.6 is 0 Å². The molecule has 0 aromatic heterocycles. The summed E-state index contributed by atoms with van der Waals surface area (Å²) in [7, 11) is 0. The van der Waals surface area contributed by atoms with Crippen LogP contribution in [0.1, 0.15) is 44.1 Å². The zero-order valence-corrected chi connectivity index (χ0v) is 13.2. The van der Waals surface area contributed by atoms with E-state index in [0.29, 0.717) is 24.3 Å². The van der Waals surface area contributed by atoms with Gasteiger partial charge in [-0.3, -0.25) is 9.69 Å². The minimum Gasteiger partial charge on any atom is -0.356 e. The number of likely N-dealkylation sites (tertiary alicyclic amines) is 1. The third-order valence-electron chi connectivity index (χ3n) is 5.16. The lowest BCUT2D eigenvalue weighted by atomic mass is 9.88. The summed E-state index contributed by atoms with van der Waals surface area (Å²) in [6.45, 7) is 5.13. The maximum absolute atomic E-state index is 13.1. The lowest BCUT2D eigenvalue weighted by Crippen LogP contribution is -2.46. The molecule has 1 amide bonds. The number of amides is 1. The van der Waals surface area contributed by atoms with Crippen molar-refractivity contribution >= 4 is 5.91 Å². The number of rotatable bonds is 4. The molecule has 22 heavy (non-hydrogen) atoms. The van der Waals surface area contributed by atoms with Gasteiger partial charge >= 0.3 is 0 Å². The first kappa shape index (κ1) is 15.5. The van der Waals surface area contributed by atoms with E-state index in [2.05, 4.69) is 17.1 Å². The summed E-state index contributed by atoms with van der Waals surface area (Å²) in [6, 6.07) is 7.37. The molecule has 0 saturated carbocycles. The number of hydrogen-bond acceptors (Lipinski definition) is 2. The Morgan fingerprint density at radius 1 is 1.32 bits per heavy atom. The van der Waals surface area contributed by atoms with E-state index in [1.807, 2.05) is 12.1 Å². The fraction of sp³-hybridized carbons (Fsp3) is 0.611. The Kier molecular flexibility index (Phi) is 4.77. The van der Waals surface area contributed by atoms with Gasteiger partial charge in [-0.05, 0) is 43.0 Å². The first-order valence-electron chi connectivity index (χ1n) is 8.39. The summed E-state index contributed by atoms with van der Waals surface area (Å²) in [5.74, 6) is 0.851. The topological polar surface area (TPSA) is 32.3 Å². The molecule has 1 N–H and O–H groups in total. The van der Waals surface area contributed by atoms with Crippen LogP contribution < -0.4 is 5.32 Å². The van der Waals surface area contributed by atoms with Crippen molar-refractivity contribution in [1.82, 2.24) is 10.2 Å². The fourth-order valence-corrected chi connectivity index (χ4v) is 3.93. The lowest BCUT2D eigenvalue weighted by Gasteiger charge is -2.40. The second kappa shape index (κ2) is 6.78. The van der Waals surface area contributed by atoms with E-state index in [1.54, 1.807) is 12.1 Å². The highest BCUT2D eigenvalue weighted by molar-refractivity contribution is 5.78. The van der Waals surface area contributed by atoms with Crippen LogP contribution in [0.25, 0.3) is 0 Å². The van der Waals surface area contributed by atoms with Crippen molar-refractivity contribution in [3.05, 3.63) is 35.6 Å². The van der Waals surface area contributed by atoms with Crippen molar-refractivity contribution in [2.75, 3.05) is 19.6 Å². The number of carbonyl (C=O) groups excluding carboxylic acids is 1. The standard InChI is InChI=1S/C18H25FN2O/c1-13(14-5-7-16(19)8-6-14)12-21-9-3-2-4-17(21)15-10-18(22)20-11-15/h5-8,13,15,17H,2-4,9-12H2,1H3,(H,20,22). The first-order valence-corrected chi connectivity index (χ1v) is 8.39. The Labute approximate surface area is 131 Å². The van der Waals surface area contributed by atoms with Crippen LogP contribution in [0.2, 0.25) is 0 Å². The number of halogens is 1. The second-order valence-electron chi connectivity index (χ2n) is 6.78. The molecule has 3 nitrogen and oxygen atoms in total. The third kappa shape index (κ3) is 3.49. The number of nitrogens with zero attached hydrogens (tertiary/aromatic N) is 1. The van der Waals surface area contributed by atoms with Crippen molar-refractivity contribution in [2.24, 2.45) is 5.92 Å². The normalized spacial score (nSPS) is 27.6. The Morgan fingerprint density at radius 3 is 2.77 bits per heavy atom. The molecule has 2 saturated heterocycles. The highest BCUT2D eigenvalue weighted by Crippen LogP contribution is 2.29. The average Bonchev–Trinajstić information content (AvgIpc) is 2.95. The zero-order valence-electron chi connectivity index (χ0n) is 13.2. The van der Waals surface area contributed by atoms with E-state index in [0.717, 1.165) is 19.6 Å². The van der Waals surface area contributed by atoms with Crippen LogP contribution in [-0.4, -0.2) is 36.5 Å². The van der Waals surface area contributed by atoms with E-state index in [-0.39, 0.29) is 11.7 Å². The van der Waals surface area contributed by atoms with E-state index in [9.17, 15) is 9.18 Å². The highest BCUT2D eigenvalue weighted by atomic mass is 19.1. The van der Waals surface area contributed by atoms with Crippen LogP contribution in [0.4, 0.5) is 4.39 Å². The lowest BCUT2D eigenvalue weighted by molar-refractivity contribution is -0.119. The quantitative estimate of drug-likeness (QED) is 0.927. The highest BCUT2D eigenvalue weighted by Gasteiger charge is 2.34. The van der Waals surface area contributed by atoms with Gasteiger partial charge in [0.05, 0.1) is 0 Å². The summed E-state index contributed by atoms with van der Waals surface area (Å²) in [4.78, 5) is 14.1. The van der Waals surface area contributed by atoms with E-state index >= 15 is 0 Å². The molecule has 0 bridgehead atoms. The van der Waals surface area contributed by atoms with E-state index in [4.69, 9.17) is 0 Å². The molecular formula is C18H25FN2O. The SMILES string of the molecule is CC(CN1CCCCC1C1CNC(=O)C1)c1ccc(F)cc1. The predicted molar refractivity (Wildman–Crippen MR) is 85.1 cm³/mol. The van der Waals surface area contributed by atoms with Gasteiger partial charge in [-0.15, -0.1) is 0 Å². The number of piperidine rings is 1. The summed E-state index contributed by atoms with van der Waals surface area (Å²) in [6.07, 6.45) is 4.36. The molecule has 2 heterocycles. The molecule has 3 rings (SSSR count). The molecule has 4 heteroatoms. The van der Waals surface area contributed by atoms with Crippen molar-refractivity contribution < 1.29 is 9.18 Å². The minimum atomic E-state index is -0.178. The van der Waals surface area contributed by atoms with Gasteiger partial charge in [0.15, 0.2) is 0 Å². The van der Waals surface area contributed by atoms with Gasteiger partial charge in [0.25, 0.3) is 0 Å². The van der Waals surface area contributed by atoms with Gasteiger partial charge in [-0.25, -0.2) is 4.39 Å². The van der Waals surface area contributed by atoms with Crippen molar-refractivity contribution in [3.63, 3.8) is 0 Å². The van der Waals surface area contributed by atoms with Crippen molar-refractivity contribution in [3.8, 4) is 0 Å². The first-order chi connectivity index (χ1) is 10.6. The van der Waals surface area contributed by atoms with Crippen LogP contribution in [0.3, 0.4) is 0 Å². The van der Waals surface area contributed by atoms with Crippen LogP contribution in [0.15, 0.2) is 24.3 Å².